The second-order valence-electron chi connectivity index (χ2n) is 5.04. The standard InChI is InChI=1S/C13H16Cl2N2O/c1-13(6-2-3-7-13)17-9-5-4-8(14)11(15)10(9)12(16)18/h4-5,17H,2-3,6-7H2,1H3,(H2,16,18). The van der Waals surface area contributed by atoms with Crippen LogP contribution in [-0.2, 0) is 0 Å². The normalized spacial score (nSPS) is 17.7. The molecule has 3 nitrogen and oxygen atoms in total. The number of benzene rings is 1. The summed E-state index contributed by atoms with van der Waals surface area (Å²) >= 11 is 12.0. The Balaban J connectivity index is 2.38. The lowest BCUT2D eigenvalue weighted by molar-refractivity contribution is 0.100. The molecule has 3 N–H and O–H groups in total. The van der Waals surface area contributed by atoms with Gasteiger partial charge in [0.2, 0.25) is 0 Å². The van der Waals surface area contributed by atoms with Gasteiger partial charge in [0.05, 0.1) is 15.6 Å². The van der Waals surface area contributed by atoms with Gasteiger partial charge >= 0.3 is 0 Å². The minimum absolute atomic E-state index is 0.00135. The first-order valence-electron chi connectivity index (χ1n) is 5.99. The van der Waals surface area contributed by atoms with Crippen molar-refractivity contribution in [1.82, 2.24) is 0 Å². The first kappa shape index (κ1) is 13.5. The first-order chi connectivity index (χ1) is 8.43. The van der Waals surface area contributed by atoms with Gasteiger partial charge in [0.15, 0.2) is 0 Å². The van der Waals surface area contributed by atoms with E-state index >= 15 is 0 Å². The number of hydrogen-bond acceptors (Lipinski definition) is 2. The maximum absolute atomic E-state index is 11.5. The fourth-order valence-corrected chi connectivity index (χ4v) is 2.92. The zero-order valence-corrected chi connectivity index (χ0v) is 11.7. The SMILES string of the molecule is CC1(Nc2ccc(Cl)c(Cl)c2C(N)=O)CCCC1. The Morgan fingerprint density at radius 1 is 1.33 bits per heavy atom. The van der Waals surface area contributed by atoms with Gasteiger partial charge in [0.1, 0.15) is 0 Å². The van der Waals surface area contributed by atoms with Gasteiger partial charge in [-0.05, 0) is 31.9 Å². The summed E-state index contributed by atoms with van der Waals surface area (Å²) in [5, 5.41) is 3.95. The molecule has 0 radical (unpaired) electrons. The molecule has 0 bridgehead atoms. The minimum Gasteiger partial charge on any atom is -0.379 e. The van der Waals surface area contributed by atoms with Crippen molar-refractivity contribution >= 4 is 34.8 Å². The Labute approximate surface area is 117 Å². The van der Waals surface area contributed by atoms with Gasteiger partial charge in [0, 0.05) is 11.2 Å². The van der Waals surface area contributed by atoms with Crippen LogP contribution in [0.15, 0.2) is 12.1 Å². The van der Waals surface area contributed by atoms with Crippen LogP contribution < -0.4 is 11.1 Å². The molecule has 0 aromatic heterocycles. The van der Waals surface area contributed by atoms with Gasteiger partial charge in [-0.2, -0.15) is 0 Å². The minimum atomic E-state index is -0.563. The van der Waals surface area contributed by atoms with Crippen LogP contribution >= 0.6 is 23.2 Å². The molecule has 0 spiro atoms. The molecule has 0 saturated heterocycles. The maximum atomic E-state index is 11.5. The smallest absolute Gasteiger partial charge is 0.252 e. The zero-order chi connectivity index (χ0) is 13.3. The molecule has 1 saturated carbocycles. The molecular weight excluding hydrogens is 271 g/mol. The van der Waals surface area contributed by atoms with Gasteiger partial charge in [0.25, 0.3) is 5.91 Å². The molecule has 1 aromatic rings. The van der Waals surface area contributed by atoms with Crippen molar-refractivity contribution in [2.45, 2.75) is 38.1 Å². The highest BCUT2D eigenvalue weighted by Gasteiger charge is 2.30. The van der Waals surface area contributed by atoms with Crippen LogP contribution in [0.5, 0.6) is 0 Å². The number of nitrogens with one attached hydrogen (secondary N) is 1. The monoisotopic (exact) mass is 286 g/mol. The number of anilines is 1. The lowest BCUT2D eigenvalue weighted by Crippen LogP contribution is -2.32. The second kappa shape index (κ2) is 4.98. The van der Waals surface area contributed by atoms with E-state index in [4.69, 9.17) is 28.9 Å². The van der Waals surface area contributed by atoms with E-state index in [0.29, 0.717) is 10.7 Å². The molecule has 2 rings (SSSR count). The predicted molar refractivity (Wildman–Crippen MR) is 75.5 cm³/mol. The van der Waals surface area contributed by atoms with E-state index in [1.54, 1.807) is 12.1 Å². The van der Waals surface area contributed by atoms with Gasteiger partial charge in [-0.1, -0.05) is 36.0 Å². The van der Waals surface area contributed by atoms with Gasteiger partial charge < -0.3 is 11.1 Å². The molecule has 1 aliphatic carbocycles. The van der Waals surface area contributed by atoms with Crippen LogP contribution in [-0.4, -0.2) is 11.4 Å². The molecule has 0 heterocycles. The van der Waals surface area contributed by atoms with Crippen molar-refractivity contribution in [2.75, 3.05) is 5.32 Å². The van der Waals surface area contributed by atoms with E-state index in [1.807, 2.05) is 0 Å². The number of carbonyl (C=O) groups is 1. The molecule has 18 heavy (non-hydrogen) atoms. The molecule has 98 valence electrons. The third-order valence-corrected chi connectivity index (χ3v) is 4.29. The number of primary amides is 1. The van der Waals surface area contributed by atoms with E-state index in [0.717, 1.165) is 12.8 Å². The number of halogens is 2. The topological polar surface area (TPSA) is 55.1 Å². The summed E-state index contributed by atoms with van der Waals surface area (Å²) in [7, 11) is 0. The lowest BCUT2D eigenvalue weighted by Gasteiger charge is -2.28. The Morgan fingerprint density at radius 3 is 2.50 bits per heavy atom. The third kappa shape index (κ3) is 2.57. The number of nitrogens with two attached hydrogens (primary N) is 1. The molecule has 5 heteroatoms. The van der Waals surface area contributed by atoms with Gasteiger partial charge in [-0.25, -0.2) is 0 Å². The summed E-state index contributed by atoms with van der Waals surface area (Å²) in [5.41, 5.74) is 6.32. The average molecular weight is 287 g/mol. The summed E-state index contributed by atoms with van der Waals surface area (Å²) in [6, 6.07) is 3.44. The number of carbonyl (C=O) groups excluding carboxylic acids is 1. The van der Waals surface area contributed by atoms with Crippen LogP contribution in [0.1, 0.15) is 43.0 Å². The third-order valence-electron chi connectivity index (χ3n) is 3.48. The van der Waals surface area contributed by atoms with Crippen LogP contribution in [0.3, 0.4) is 0 Å². The highest BCUT2D eigenvalue weighted by Crippen LogP contribution is 2.37. The number of amides is 1. The molecule has 1 fully saturated rings. The average Bonchev–Trinajstić information content (AvgIpc) is 2.70. The number of rotatable bonds is 3. The van der Waals surface area contributed by atoms with Crippen molar-refractivity contribution in [3.63, 3.8) is 0 Å². The zero-order valence-electron chi connectivity index (χ0n) is 10.2. The fraction of sp³-hybridized carbons (Fsp3) is 0.462. The van der Waals surface area contributed by atoms with E-state index in [2.05, 4.69) is 12.2 Å². The molecule has 0 unspecified atom stereocenters. The summed E-state index contributed by atoms with van der Waals surface area (Å²) in [4.78, 5) is 11.5. The highest BCUT2D eigenvalue weighted by molar-refractivity contribution is 6.44. The summed E-state index contributed by atoms with van der Waals surface area (Å²) < 4.78 is 0. The second-order valence-corrected chi connectivity index (χ2v) is 5.83. The van der Waals surface area contributed by atoms with Crippen LogP contribution in [0.2, 0.25) is 10.0 Å². The Morgan fingerprint density at radius 2 is 1.94 bits per heavy atom. The summed E-state index contributed by atoms with van der Waals surface area (Å²) in [5.74, 6) is -0.563. The van der Waals surface area contributed by atoms with E-state index in [9.17, 15) is 4.79 Å². The predicted octanol–water partition coefficient (Wildman–Crippen LogP) is 3.84. The Bertz CT molecular complexity index is 482. The van der Waals surface area contributed by atoms with Gasteiger partial charge in [-0.15, -0.1) is 0 Å². The van der Waals surface area contributed by atoms with Crippen molar-refractivity contribution < 1.29 is 4.79 Å². The van der Waals surface area contributed by atoms with E-state index in [1.165, 1.54) is 12.8 Å². The van der Waals surface area contributed by atoms with Crippen molar-refractivity contribution in [2.24, 2.45) is 5.73 Å². The highest BCUT2D eigenvalue weighted by atomic mass is 35.5. The largest absolute Gasteiger partial charge is 0.379 e. The Kier molecular flexibility index (Phi) is 3.74. The molecule has 0 atom stereocenters. The lowest BCUT2D eigenvalue weighted by atomic mass is 9.99. The van der Waals surface area contributed by atoms with Crippen LogP contribution in [0.4, 0.5) is 5.69 Å². The molecule has 1 amide bonds. The molecule has 1 aromatic carbocycles. The van der Waals surface area contributed by atoms with Gasteiger partial charge in [-0.3, -0.25) is 4.79 Å². The molecule has 0 aliphatic heterocycles. The summed E-state index contributed by atoms with van der Waals surface area (Å²) in [6.07, 6.45) is 4.53. The van der Waals surface area contributed by atoms with Crippen molar-refractivity contribution in [3.05, 3.63) is 27.7 Å². The fourth-order valence-electron chi connectivity index (χ4n) is 2.50. The van der Waals surface area contributed by atoms with Crippen LogP contribution in [0, 0.1) is 0 Å². The molecule has 1 aliphatic rings. The molecular formula is C13H16Cl2N2O. The Hall–Kier alpha value is -0.930. The van der Waals surface area contributed by atoms with Crippen molar-refractivity contribution in [3.8, 4) is 0 Å². The van der Waals surface area contributed by atoms with E-state index < -0.39 is 5.91 Å². The quantitative estimate of drug-likeness (QED) is 0.887. The van der Waals surface area contributed by atoms with Crippen LogP contribution in [0.25, 0.3) is 0 Å². The summed E-state index contributed by atoms with van der Waals surface area (Å²) in [6.45, 7) is 2.15. The van der Waals surface area contributed by atoms with E-state index in [-0.39, 0.29) is 16.1 Å². The maximum Gasteiger partial charge on any atom is 0.252 e. The first-order valence-corrected chi connectivity index (χ1v) is 6.74. The number of hydrogen-bond donors (Lipinski definition) is 2. The van der Waals surface area contributed by atoms with Crippen molar-refractivity contribution in [1.29, 1.82) is 0 Å².